The van der Waals surface area contributed by atoms with Gasteiger partial charge in [-0.3, -0.25) is 4.79 Å². The van der Waals surface area contributed by atoms with Crippen molar-refractivity contribution in [2.45, 2.75) is 26.2 Å². The Balaban J connectivity index is 1.70. The molecule has 0 N–H and O–H groups in total. The van der Waals surface area contributed by atoms with E-state index in [2.05, 4.69) is 27.8 Å². The van der Waals surface area contributed by atoms with Gasteiger partial charge in [-0.1, -0.05) is 22.9 Å². The average Bonchev–Trinajstić information content (AvgIpc) is 2.69. The van der Waals surface area contributed by atoms with Crippen LogP contribution >= 0.6 is 15.9 Å². The minimum atomic E-state index is 0.347. The number of halogens is 1. The lowest BCUT2D eigenvalue weighted by Gasteiger charge is -2.31. The van der Waals surface area contributed by atoms with Gasteiger partial charge in [0.25, 0.3) is 0 Å². The Morgan fingerprint density at radius 1 is 1.29 bits per heavy atom. The zero-order valence-electron chi connectivity index (χ0n) is 10.7. The summed E-state index contributed by atoms with van der Waals surface area (Å²) in [5.41, 5.74) is 0. The highest BCUT2D eigenvalue weighted by atomic mass is 79.9. The van der Waals surface area contributed by atoms with E-state index in [0.717, 1.165) is 37.3 Å². The van der Waals surface area contributed by atoms with Crippen molar-refractivity contribution < 1.29 is 4.79 Å². The van der Waals surface area contributed by atoms with E-state index in [1.807, 2.05) is 4.90 Å². The smallest absolute Gasteiger partial charge is 0.222 e. The van der Waals surface area contributed by atoms with E-state index in [1.165, 1.54) is 25.9 Å². The van der Waals surface area contributed by atoms with E-state index < -0.39 is 0 Å². The van der Waals surface area contributed by atoms with Crippen LogP contribution in [0.4, 0.5) is 0 Å². The molecule has 2 heterocycles. The Hall–Kier alpha value is -0.0900. The molecule has 2 aliphatic heterocycles. The van der Waals surface area contributed by atoms with Crippen LogP contribution in [0.1, 0.15) is 26.2 Å². The molecule has 0 radical (unpaired) electrons. The molecule has 0 spiro atoms. The molecule has 0 bridgehead atoms. The fourth-order valence-electron chi connectivity index (χ4n) is 2.72. The molecule has 0 aromatic carbocycles. The highest BCUT2D eigenvalue weighted by Crippen LogP contribution is 2.20. The van der Waals surface area contributed by atoms with E-state index in [9.17, 15) is 4.79 Å². The first-order valence-corrected chi connectivity index (χ1v) is 7.87. The summed E-state index contributed by atoms with van der Waals surface area (Å²) in [5.74, 6) is 1.76. The molecule has 0 aromatic heterocycles. The van der Waals surface area contributed by atoms with Crippen LogP contribution in [-0.4, -0.2) is 53.8 Å². The van der Waals surface area contributed by atoms with Gasteiger partial charge in [-0.2, -0.15) is 0 Å². The monoisotopic (exact) mass is 302 g/mol. The lowest BCUT2D eigenvalue weighted by Crippen LogP contribution is -2.39. The molecular formula is C13H23BrN2O. The van der Waals surface area contributed by atoms with Crippen molar-refractivity contribution in [1.82, 2.24) is 9.80 Å². The molecular weight excluding hydrogens is 280 g/mol. The maximum absolute atomic E-state index is 11.8. The summed E-state index contributed by atoms with van der Waals surface area (Å²) in [7, 11) is 0. The van der Waals surface area contributed by atoms with Crippen molar-refractivity contribution in [3.05, 3.63) is 0 Å². The van der Waals surface area contributed by atoms with Gasteiger partial charge in [-0.25, -0.2) is 0 Å². The number of piperidine rings is 1. The number of rotatable bonds is 4. The van der Waals surface area contributed by atoms with Gasteiger partial charge >= 0.3 is 0 Å². The third kappa shape index (κ3) is 3.68. The van der Waals surface area contributed by atoms with Crippen molar-refractivity contribution in [1.29, 1.82) is 0 Å². The lowest BCUT2D eigenvalue weighted by molar-refractivity contribution is -0.127. The van der Waals surface area contributed by atoms with Gasteiger partial charge in [0, 0.05) is 31.4 Å². The molecule has 2 saturated heterocycles. The predicted molar refractivity (Wildman–Crippen MR) is 73.3 cm³/mol. The average molecular weight is 303 g/mol. The molecule has 1 amide bonds. The van der Waals surface area contributed by atoms with E-state index in [-0.39, 0.29) is 0 Å². The topological polar surface area (TPSA) is 23.6 Å². The maximum Gasteiger partial charge on any atom is 0.222 e. The summed E-state index contributed by atoms with van der Waals surface area (Å²) < 4.78 is 0. The van der Waals surface area contributed by atoms with Gasteiger partial charge in [0.05, 0.1) is 0 Å². The molecule has 3 nitrogen and oxygen atoms in total. The zero-order valence-corrected chi connectivity index (χ0v) is 12.3. The van der Waals surface area contributed by atoms with Crippen LogP contribution in [0.5, 0.6) is 0 Å². The summed E-state index contributed by atoms with van der Waals surface area (Å²) >= 11 is 3.48. The van der Waals surface area contributed by atoms with E-state index in [4.69, 9.17) is 0 Å². The largest absolute Gasteiger partial charge is 0.341 e. The molecule has 0 saturated carbocycles. The number of nitrogens with zero attached hydrogens (tertiary/aromatic N) is 2. The summed E-state index contributed by atoms with van der Waals surface area (Å²) in [6.07, 6.45) is 3.37. The van der Waals surface area contributed by atoms with Gasteiger partial charge in [0.1, 0.15) is 0 Å². The lowest BCUT2D eigenvalue weighted by atomic mass is 9.99. The maximum atomic E-state index is 11.8. The molecule has 2 fully saturated rings. The number of amides is 1. The third-order valence-electron chi connectivity index (χ3n) is 4.08. The molecule has 0 aromatic rings. The summed E-state index contributed by atoms with van der Waals surface area (Å²) in [5, 5.41) is 0.955. The summed E-state index contributed by atoms with van der Waals surface area (Å²) in [6.45, 7) is 7.70. The fourth-order valence-corrected chi connectivity index (χ4v) is 3.15. The number of alkyl halides is 1. The van der Waals surface area contributed by atoms with Crippen molar-refractivity contribution >= 4 is 21.8 Å². The Morgan fingerprint density at radius 2 is 2.00 bits per heavy atom. The first-order valence-electron chi connectivity index (χ1n) is 6.75. The highest BCUT2D eigenvalue weighted by molar-refractivity contribution is 9.09. The summed E-state index contributed by atoms with van der Waals surface area (Å²) in [6, 6.07) is 0. The van der Waals surface area contributed by atoms with Crippen molar-refractivity contribution in [3.8, 4) is 0 Å². The van der Waals surface area contributed by atoms with Gasteiger partial charge in [-0.15, -0.1) is 0 Å². The molecule has 0 aliphatic carbocycles. The molecule has 98 valence electrons. The van der Waals surface area contributed by atoms with Gasteiger partial charge in [0.2, 0.25) is 5.91 Å². The Bertz CT molecular complexity index is 264. The fraction of sp³-hybridized carbons (Fsp3) is 0.923. The minimum Gasteiger partial charge on any atom is -0.341 e. The summed E-state index contributed by atoms with van der Waals surface area (Å²) in [4.78, 5) is 16.3. The normalized spacial score (nSPS) is 28.0. The van der Waals surface area contributed by atoms with Crippen LogP contribution in [0.15, 0.2) is 0 Å². The van der Waals surface area contributed by atoms with Crippen LogP contribution in [-0.2, 0) is 4.79 Å². The number of hydrogen-bond donors (Lipinski definition) is 0. The van der Waals surface area contributed by atoms with Crippen molar-refractivity contribution in [2.24, 2.45) is 11.8 Å². The predicted octanol–water partition coefficient (Wildman–Crippen LogP) is 1.96. The number of likely N-dealkylation sites (tertiary alicyclic amines) is 2. The molecule has 2 rings (SSSR count). The van der Waals surface area contributed by atoms with Crippen molar-refractivity contribution in [3.63, 3.8) is 0 Å². The standard InChI is InChI=1S/C13H23BrN2O/c1-11-2-4-15(5-3-11)6-7-16-10-12(9-14)8-13(16)17/h11-12H,2-10H2,1H3. The second-order valence-electron chi connectivity index (χ2n) is 5.59. The third-order valence-corrected chi connectivity index (χ3v) is 4.99. The Morgan fingerprint density at radius 3 is 2.59 bits per heavy atom. The SMILES string of the molecule is CC1CCN(CCN2CC(CBr)CC2=O)CC1. The number of hydrogen-bond acceptors (Lipinski definition) is 2. The van der Waals surface area contributed by atoms with Gasteiger partial charge in [-0.05, 0) is 37.8 Å². The van der Waals surface area contributed by atoms with Crippen LogP contribution in [0.25, 0.3) is 0 Å². The van der Waals surface area contributed by atoms with Crippen LogP contribution in [0.2, 0.25) is 0 Å². The van der Waals surface area contributed by atoms with Crippen molar-refractivity contribution in [2.75, 3.05) is 38.1 Å². The van der Waals surface area contributed by atoms with Crippen LogP contribution in [0.3, 0.4) is 0 Å². The van der Waals surface area contributed by atoms with Gasteiger partial charge < -0.3 is 9.80 Å². The molecule has 17 heavy (non-hydrogen) atoms. The van der Waals surface area contributed by atoms with E-state index in [0.29, 0.717) is 11.8 Å². The van der Waals surface area contributed by atoms with E-state index >= 15 is 0 Å². The number of carbonyl (C=O) groups is 1. The molecule has 4 heteroatoms. The van der Waals surface area contributed by atoms with E-state index in [1.54, 1.807) is 0 Å². The zero-order chi connectivity index (χ0) is 12.3. The first kappa shape index (κ1) is 13.3. The van der Waals surface area contributed by atoms with Gasteiger partial charge in [0.15, 0.2) is 0 Å². The van der Waals surface area contributed by atoms with Crippen LogP contribution in [0, 0.1) is 11.8 Å². The first-order chi connectivity index (χ1) is 8.19. The minimum absolute atomic E-state index is 0.347. The second-order valence-corrected chi connectivity index (χ2v) is 6.24. The Labute approximate surface area is 113 Å². The molecule has 1 atom stereocenters. The molecule has 1 unspecified atom stereocenters. The number of carbonyl (C=O) groups excluding carboxylic acids is 1. The Kier molecular flexibility index (Phi) is 4.86. The second kappa shape index (κ2) is 6.19. The molecule has 2 aliphatic rings. The van der Waals surface area contributed by atoms with Crippen LogP contribution < -0.4 is 0 Å². The quantitative estimate of drug-likeness (QED) is 0.741. The highest BCUT2D eigenvalue weighted by Gasteiger charge is 2.28.